The molecule has 5 rings (SSSR count). The van der Waals surface area contributed by atoms with Crippen LogP contribution in [0.25, 0.3) is 22.2 Å². The molecule has 0 saturated heterocycles. The molecule has 0 bridgehead atoms. The highest BCUT2D eigenvalue weighted by molar-refractivity contribution is 5.88. The largest absolute Gasteiger partial charge is 0.480 e. The summed E-state index contributed by atoms with van der Waals surface area (Å²) < 4.78 is 12.3. The monoisotopic (exact) mass is 490 g/mol. The van der Waals surface area contributed by atoms with E-state index in [9.17, 15) is 14.7 Å². The van der Waals surface area contributed by atoms with Gasteiger partial charge in [0, 0.05) is 17.9 Å². The number of nitrogens with one attached hydrogen (secondary N) is 1. The minimum absolute atomic E-state index is 0.0654. The Hall–Kier alpha value is -3.19. The lowest BCUT2D eigenvalue weighted by Gasteiger charge is -2.32. The number of aliphatic carboxylic acids is 1. The molecule has 2 N–H and O–H groups in total. The zero-order valence-corrected chi connectivity index (χ0v) is 20.8. The van der Waals surface area contributed by atoms with Gasteiger partial charge in [-0.15, -0.1) is 0 Å². The van der Waals surface area contributed by atoms with E-state index in [2.05, 4.69) is 29.6 Å². The van der Waals surface area contributed by atoms with Crippen LogP contribution >= 0.6 is 0 Å². The second-order valence-electron chi connectivity index (χ2n) is 10.2. The number of fused-ring (bicyclic) bond motifs is 1. The van der Waals surface area contributed by atoms with E-state index in [1.165, 1.54) is 5.39 Å². The molecular weight excluding hydrogens is 456 g/mol. The van der Waals surface area contributed by atoms with Crippen molar-refractivity contribution in [3.8, 4) is 11.5 Å². The van der Waals surface area contributed by atoms with Crippen LogP contribution in [0.5, 0.6) is 0 Å². The van der Waals surface area contributed by atoms with E-state index in [-0.39, 0.29) is 17.9 Å². The molecular formula is C29H34N2O5. The Morgan fingerprint density at radius 2 is 1.89 bits per heavy atom. The van der Waals surface area contributed by atoms with Gasteiger partial charge in [-0.1, -0.05) is 56.5 Å². The number of aryl methyl sites for hydroxylation is 1. The normalized spacial score (nSPS) is 21.5. The zero-order valence-electron chi connectivity index (χ0n) is 20.8. The van der Waals surface area contributed by atoms with Crippen LogP contribution in [0.1, 0.15) is 69.7 Å². The lowest BCUT2D eigenvalue weighted by Crippen LogP contribution is -2.54. The van der Waals surface area contributed by atoms with Gasteiger partial charge in [-0.05, 0) is 55.0 Å². The highest BCUT2D eigenvalue weighted by Gasteiger charge is 2.44. The van der Waals surface area contributed by atoms with Crippen LogP contribution in [0.3, 0.4) is 0 Å². The molecule has 2 aromatic carbocycles. The van der Waals surface area contributed by atoms with Crippen molar-refractivity contribution in [3.05, 3.63) is 53.9 Å². The van der Waals surface area contributed by atoms with E-state index in [1.54, 1.807) is 0 Å². The first-order valence-corrected chi connectivity index (χ1v) is 13.1. The number of nitrogens with zero attached hydrogens (tertiary/aromatic N) is 1. The number of carbonyl (C=O) groups excluding carboxylic acids is 1. The number of hydrogen-bond donors (Lipinski definition) is 2. The molecule has 0 radical (unpaired) electrons. The van der Waals surface area contributed by atoms with Gasteiger partial charge in [0.05, 0.1) is 12.7 Å². The van der Waals surface area contributed by atoms with Gasteiger partial charge < -0.3 is 19.6 Å². The molecule has 36 heavy (non-hydrogen) atoms. The molecule has 190 valence electrons. The minimum atomic E-state index is -1.10. The molecule has 1 aromatic heterocycles. The van der Waals surface area contributed by atoms with Crippen LogP contribution in [-0.4, -0.2) is 33.6 Å². The van der Waals surface area contributed by atoms with Crippen molar-refractivity contribution in [2.45, 2.75) is 83.0 Å². The van der Waals surface area contributed by atoms with E-state index in [1.807, 2.05) is 25.1 Å². The van der Waals surface area contributed by atoms with Crippen LogP contribution in [0, 0.1) is 5.92 Å². The number of carbonyl (C=O) groups is 2. The predicted molar refractivity (Wildman–Crippen MR) is 136 cm³/mol. The molecule has 7 heteroatoms. The summed E-state index contributed by atoms with van der Waals surface area (Å²) in [6.45, 7) is 2.37. The first-order valence-electron chi connectivity index (χ1n) is 13.1. The molecule has 0 aliphatic heterocycles. The lowest BCUT2D eigenvalue weighted by atomic mass is 9.85. The highest BCUT2D eigenvalue weighted by Crippen LogP contribution is 2.33. The quantitative estimate of drug-likeness (QED) is 0.423. The van der Waals surface area contributed by atoms with Gasteiger partial charge in [0.25, 0.3) is 0 Å². The van der Waals surface area contributed by atoms with Gasteiger partial charge in [-0.25, -0.2) is 9.78 Å². The second kappa shape index (κ2) is 10.4. The van der Waals surface area contributed by atoms with Crippen molar-refractivity contribution < 1.29 is 23.8 Å². The van der Waals surface area contributed by atoms with Crippen molar-refractivity contribution in [2.24, 2.45) is 5.92 Å². The number of hydrogen-bond acceptors (Lipinski definition) is 5. The molecule has 7 nitrogen and oxygen atoms in total. The third-order valence-corrected chi connectivity index (χ3v) is 7.78. The summed E-state index contributed by atoms with van der Waals surface area (Å²) in [5, 5.41) is 14.9. The summed E-state index contributed by atoms with van der Waals surface area (Å²) in [7, 11) is 0. The smallest absolute Gasteiger partial charge is 0.329 e. The molecule has 2 unspecified atom stereocenters. The van der Waals surface area contributed by atoms with Gasteiger partial charge in [0.15, 0.2) is 0 Å². The number of aromatic nitrogens is 1. The second-order valence-corrected chi connectivity index (χ2v) is 10.2. The first-order chi connectivity index (χ1) is 17.5. The van der Waals surface area contributed by atoms with Gasteiger partial charge in [0.1, 0.15) is 17.0 Å². The topological polar surface area (TPSA) is 102 Å². The van der Waals surface area contributed by atoms with E-state index < -0.39 is 11.5 Å². The fourth-order valence-corrected chi connectivity index (χ4v) is 5.66. The minimum Gasteiger partial charge on any atom is -0.480 e. The third kappa shape index (κ3) is 5.03. The van der Waals surface area contributed by atoms with Crippen LogP contribution in [0.2, 0.25) is 0 Å². The van der Waals surface area contributed by atoms with Crippen molar-refractivity contribution >= 4 is 22.6 Å². The summed E-state index contributed by atoms with van der Waals surface area (Å²) in [4.78, 5) is 29.6. The fourth-order valence-electron chi connectivity index (χ4n) is 5.66. The van der Waals surface area contributed by atoms with E-state index in [0.29, 0.717) is 38.2 Å². The molecule has 3 aromatic rings. The summed E-state index contributed by atoms with van der Waals surface area (Å²) in [6, 6.07) is 14.4. The average molecular weight is 491 g/mol. The van der Waals surface area contributed by atoms with Gasteiger partial charge in [-0.3, -0.25) is 4.79 Å². The van der Waals surface area contributed by atoms with Crippen molar-refractivity contribution in [2.75, 3.05) is 0 Å². The van der Waals surface area contributed by atoms with Crippen molar-refractivity contribution in [1.29, 1.82) is 0 Å². The van der Waals surface area contributed by atoms with E-state index in [4.69, 9.17) is 14.1 Å². The molecule has 2 atom stereocenters. The van der Waals surface area contributed by atoms with E-state index in [0.717, 1.165) is 54.5 Å². The Morgan fingerprint density at radius 1 is 1.11 bits per heavy atom. The van der Waals surface area contributed by atoms with Crippen molar-refractivity contribution in [1.82, 2.24) is 10.3 Å². The number of rotatable bonds is 8. The lowest BCUT2D eigenvalue weighted by molar-refractivity contribution is -0.148. The summed E-state index contributed by atoms with van der Waals surface area (Å²) in [6.07, 6.45) is 6.45. The van der Waals surface area contributed by atoms with Crippen molar-refractivity contribution in [3.63, 3.8) is 0 Å². The Labute approximate surface area is 211 Å². The highest BCUT2D eigenvalue weighted by atomic mass is 16.5. The van der Waals surface area contributed by atoms with E-state index >= 15 is 0 Å². The molecule has 0 spiro atoms. The summed E-state index contributed by atoms with van der Waals surface area (Å²) in [5.74, 6) is 0.108. The number of ether oxygens (including phenoxy) is 1. The molecule has 2 fully saturated rings. The van der Waals surface area contributed by atoms with Crippen LogP contribution < -0.4 is 5.32 Å². The number of oxazole rings is 1. The van der Waals surface area contributed by atoms with Crippen LogP contribution in [0.15, 0.2) is 46.9 Å². The molecule has 1 heterocycles. The SMILES string of the molecule is CCc1oc(-c2ccc3ccccc3c2)nc1COC1CCCC(C(=O)NC2(C(=O)O)CCCC2)C1. The molecule has 1 amide bonds. The average Bonchev–Trinajstić information content (AvgIpc) is 3.55. The number of benzene rings is 2. The Bertz CT molecular complexity index is 1240. The molecule has 2 aliphatic carbocycles. The summed E-state index contributed by atoms with van der Waals surface area (Å²) >= 11 is 0. The zero-order chi connectivity index (χ0) is 25.1. The standard InChI is InChI=1S/C29H34N2O5/c1-2-25-24(30-27(36-25)22-13-12-19-8-3-4-9-20(19)16-22)18-35-23-11-7-10-21(17-23)26(32)31-29(28(33)34)14-5-6-15-29/h3-4,8-9,12-13,16,21,23H,2,5-7,10-11,14-15,17-18H2,1H3,(H,31,32)(H,33,34). The van der Waals surface area contributed by atoms with Gasteiger partial charge >= 0.3 is 5.97 Å². The van der Waals surface area contributed by atoms with Gasteiger partial charge in [0.2, 0.25) is 11.8 Å². The number of carboxylic acid groups (broad SMARTS) is 1. The molecule has 2 saturated carbocycles. The maximum atomic E-state index is 13.0. The number of carboxylic acids is 1. The number of amides is 1. The van der Waals surface area contributed by atoms with Crippen LogP contribution in [-0.2, 0) is 27.4 Å². The maximum absolute atomic E-state index is 13.0. The maximum Gasteiger partial charge on any atom is 0.329 e. The Balaban J connectivity index is 1.23. The summed E-state index contributed by atoms with van der Waals surface area (Å²) in [5.41, 5.74) is 0.632. The van der Waals surface area contributed by atoms with Crippen LogP contribution in [0.4, 0.5) is 0 Å². The third-order valence-electron chi connectivity index (χ3n) is 7.78. The first kappa shape index (κ1) is 24.5. The Kier molecular flexibility index (Phi) is 7.10. The fraction of sp³-hybridized carbons (Fsp3) is 0.483. The predicted octanol–water partition coefficient (Wildman–Crippen LogP) is 5.65. The Morgan fingerprint density at radius 3 is 2.64 bits per heavy atom. The van der Waals surface area contributed by atoms with Gasteiger partial charge in [-0.2, -0.15) is 0 Å². The molecule has 2 aliphatic rings.